The first-order valence-corrected chi connectivity index (χ1v) is 12.1. The number of benzene rings is 1. The van der Waals surface area contributed by atoms with Crippen molar-refractivity contribution in [3.05, 3.63) is 47.6 Å². The molecule has 0 radical (unpaired) electrons. The Morgan fingerprint density at radius 2 is 1.88 bits per heavy atom. The lowest BCUT2D eigenvalue weighted by Gasteiger charge is -2.38. The van der Waals surface area contributed by atoms with Crippen LogP contribution in [-0.4, -0.2) is 48.6 Å². The number of halogens is 1. The fraction of sp³-hybridized carbons (Fsp3) is 0.480. The van der Waals surface area contributed by atoms with E-state index < -0.39 is 6.10 Å². The van der Waals surface area contributed by atoms with Crippen molar-refractivity contribution >= 4 is 34.9 Å². The van der Waals surface area contributed by atoms with Crippen LogP contribution in [-0.2, 0) is 9.59 Å². The molecule has 33 heavy (non-hydrogen) atoms. The molecule has 7 nitrogen and oxygen atoms in total. The fourth-order valence-electron chi connectivity index (χ4n) is 4.50. The molecular weight excluding hydrogens is 440 g/mol. The maximum Gasteiger partial charge on any atom is 0.263 e. The predicted octanol–water partition coefficient (Wildman–Crippen LogP) is 4.05. The van der Waals surface area contributed by atoms with Crippen LogP contribution in [0.3, 0.4) is 0 Å². The van der Waals surface area contributed by atoms with Crippen LogP contribution in [0.25, 0.3) is 0 Å². The van der Waals surface area contributed by atoms with Gasteiger partial charge in [0.25, 0.3) is 5.91 Å². The van der Waals surface area contributed by atoms with Crippen LogP contribution in [0.5, 0.6) is 5.75 Å². The van der Waals surface area contributed by atoms with Gasteiger partial charge in [-0.25, -0.2) is 4.98 Å². The molecule has 0 aliphatic carbocycles. The molecule has 1 aromatic heterocycles. The monoisotopic (exact) mass is 470 g/mol. The van der Waals surface area contributed by atoms with Crippen molar-refractivity contribution in [3.63, 3.8) is 0 Å². The summed E-state index contributed by atoms with van der Waals surface area (Å²) in [4.78, 5) is 34.8. The Balaban J connectivity index is 1.46. The first-order chi connectivity index (χ1) is 16.0. The van der Waals surface area contributed by atoms with Crippen molar-refractivity contribution < 1.29 is 14.3 Å². The van der Waals surface area contributed by atoms with Gasteiger partial charge >= 0.3 is 0 Å². The summed E-state index contributed by atoms with van der Waals surface area (Å²) >= 11 is 5.95. The van der Waals surface area contributed by atoms with Crippen LogP contribution >= 0.6 is 11.6 Å². The zero-order chi connectivity index (χ0) is 23.4. The number of piperidine rings is 1. The first-order valence-electron chi connectivity index (χ1n) is 11.7. The van der Waals surface area contributed by atoms with Gasteiger partial charge in [0, 0.05) is 31.2 Å². The number of nitrogens with one attached hydrogen (secondary N) is 1. The molecule has 1 N–H and O–H groups in total. The quantitative estimate of drug-likeness (QED) is 0.689. The van der Waals surface area contributed by atoms with Crippen molar-refractivity contribution in [2.24, 2.45) is 5.92 Å². The number of carbonyl (C=O) groups is 2. The Labute approximate surface area is 200 Å². The second-order valence-corrected chi connectivity index (χ2v) is 9.08. The molecule has 1 saturated heterocycles. The summed E-state index contributed by atoms with van der Waals surface area (Å²) in [6.45, 7) is 5.81. The van der Waals surface area contributed by atoms with E-state index in [0.29, 0.717) is 10.8 Å². The number of ether oxygens (including phenoxy) is 1. The molecule has 2 aliphatic rings. The maximum absolute atomic E-state index is 13.6. The SMILES string of the molecule is CCC(CC)NC(=O)C1CN(C(=O)C2CCN(c3ccc(Cl)cn3)CC2)c2ccccc2O1. The zero-order valence-corrected chi connectivity index (χ0v) is 19.9. The first kappa shape index (κ1) is 23.4. The van der Waals surface area contributed by atoms with Gasteiger partial charge in [0.15, 0.2) is 6.10 Å². The number of para-hydroxylation sites is 2. The number of anilines is 2. The molecule has 1 fully saturated rings. The maximum atomic E-state index is 13.6. The molecule has 8 heteroatoms. The number of nitrogens with zero attached hydrogens (tertiary/aromatic N) is 3. The smallest absolute Gasteiger partial charge is 0.263 e. The molecule has 2 aliphatic heterocycles. The number of fused-ring (bicyclic) bond motifs is 1. The van der Waals surface area contributed by atoms with Gasteiger partial charge in [0.1, 0.15) is 11.6 Å². The number of hydrogen-bond donors (Lipinski definition) is 1. The largest absolute Gasteiger partial charge is 0.477 e. The van der Waals surface area contributed by atoms with E-state index in [2.05, 4.69) is 15.2 Å². The Hall–Kier alpha value is -2.80. The summed E-state index contributed by atoms with van der Waals surface area (Å²) < 4.78 is 6.00. The summed E-state index contributed by atoms with van der Waals surface area (Å²) in [5.74, 6) is 1.22. The van der Waals surface area contributed by atoms with Crippen LogP contribution in [0.1, 0.15) is 39.5 Å². The molecule has 0 bridgehead atoms. The van der Waals surface area contributed by atoms with Crippen molar-refractivity contribution in [2.75, 3.05) is 29.4 Å². The molecule has 1 aromatic carbocycles. The van der Waals surface area contributed by atoms with E-state index in [9.17, 15) is 9.59 Å². The fourth-order valence-corrected chi connectivity index (χ4v) is 4.61. The molecule has 0 saturated carbocycles. The topological polar surface area (TPSA) is 74.8 Å². The molecule has 176 valence electrons. The summed E-state index contributed by atoms with van der Waals surface area (Å²) in [7, 11) is 0. The van der Waals surface area contributed by atoms with E-state index in [1.807, 2.05) is 50.2 Å². The third-order valence-electron chi connectivity index (χ3n) is 6.54. The molecule has 4 rings (SSSR count). The number of aromatic nitrogens is 1. The van der Waals surface area contributed by atoms with Crippen molar-refractivity contribution in [1.82, 2.24) is 10.3 Å². The van der Waals surface area contributed by atoms with Crippen molar-refractivity contribution in [2.45, 2.75) is 51.7 Å². The summed E-state index contributed by atoms with van der Waals surface area (Å²) in [6, 6.07) is 11.3. The Bertz CT molecular complexity index is 972. The summed E-state index contributed by atoms with van der Waals surface area (Å²) in [5, 5.41) is 3.67. The van der Waals surface area contributed by atoms with Crippen LogP contribution in [0.15, 0.2) is 42.6 Å². The van der Waals surface area contributed by atoms with Crippen molar-refractivity contribution in [3.8, 4) is 5.75 Å². The van der Waals surface area contributed by atoms with E-state index in [-0.39, 0.29) is 30.3 Å². The molecule has 3 heterocycles. The number of pyridine rings is 1. The zero-order valence-electron chi connectivity index (χ0n) is 19.2. The average molecular weight is 471 g/mol. The molecule has 2 aromatic rings. The lowest BCUT2D eigenvalue weighted by molar-refractivity contribution is -0.129. The molecule has 0 spiro atoms. The number of carbonyl (C=O) groups excluding carboxylic acids is 2. The molecular formula is C25H31ClN4O3. The van der Waals surface area contributed by atoms with E-state index in [4.69, 9.17) is 16.3 Å². The van der Waals surface area contributed by atoms with Crippen LogP contribution in [0, 0.1) is 5.92 Å². The number of hydrogen-bond acceptors (Lipinski definition) is 5. The minimum absolute atomic E-state index is 0.0507. The predicted molar refractivity (Wildman–Crippen MR) is 130 cm³/mol. The minimum Gasteiger partial charge on any atom is -0.477 e. The highest BCUT2D eigenvalue weighted by molar-refractivity contribution is 6.30. The lowest BCUT2D eigenvalue weighted by atomic mass is 9.94. The Morgan fingerprint density at radius 1 is 1.15 bits per heavy atom. The average Bonchev–Trinajstić information content (AvgIpc) is 2.86. The summed E-state index contributed by atoms with van der Waals surface area (Å²) in [5.41, 5.74) is 0.732. The highest BCUT2D eigenvalue weighted by Crippen LogP contribution is 2.35. The Kier molecular flexibility index (Phi) is 7.38. The van der Waals surface area contributed by atoms with Gasteiger partial charge in [0.05, 0.1) is 17.3 Å². The molecule has 2 amide bonds. The van der Waals surface area contributed by atoms with Gasteiger partial charge in [-0.15, -0.1) is 0 Å². The third kappa shape index (κ3) is 5.24. The van der Waals surface area contributed by atoms with E-state index in [1.165, 1.54) is 0 Å². The summed E-state index contributed by atoms with van der Waals surface area (Å²) in [6.07, 6.45) is 4.10. The molecule has 1 atom stereocenters. The van der Waals surface area contributed by atoms with Gasteiger partial charge in [0.2, 0.25) is 5.91 Å². The third-order valence-corrected chi connectivity index (χ3v) is 6.77. The van der Waals surface area contributed by atoms with Gasteiger partial charge < -0.3 is 19.9 Å². The van der Waals surface area contributed by atoms with Gasteiger partial charge in [-0.05, 0) is 49.9 Å². The standard InChI is InChI=1S/C25H31ClN4O3/c1-3-19(4-2)28-24(31)22-16-30(20-7-5-6-8-21(20)33-22)25(32)17-11-13-29(14-12-17)23-10-9-18(26)15-27-23/h5-10,15,17,19,22H,3-4,11-14,16H2,1-2H3,(H,28,31). The lowest BCUT2D eigenvalue weighted by Crippen LogP contribution is -2.54. The molecule has 1 unspecified atom stereocenters. The van der Waals surface area contributed by atoms with Gasteiger partial charge in [-0.3, -0.25) is 9.59 Å². The van der Waals surface area contributed by atoms with Gasteiger partial charge in [-0.2, -0.15) is 0 Å². The van der Waals surface area contributed by atoms with Crippen LogP contribution in [0.2, 0.25) is 5.02 Å². The second kappa shape index (κ2) is 10.4. The van der Waals surface area contributed by atoms with E-state index in [0.717, 1.165) is 50.3 Å². The Morgan fingerprint density at radius 3 is 2.55 bits per heavy atom. The van der Waals surface area contributed by atoms with Crippen LogP contribution < -0.4 is 19.9 Å². The second-order valence-electron chi connectivity index (χ2n) is 8.64. The normalized spacial score (nSPS) is 18.6. The van der Waals surface area contributed by atoms with Gasteiger partial charge in [-0.1, -0.05) is 37.6 Å². The number of rotatable bonds is 6. The number of amides is 2. The van der Waals surface area contributed by atoms with E-state index in [1.54, 1.807) is 11.1 Å². The van der Waals surface area contributed by atoms with Crippen molar-refractivity contribution in [1.29, 1.82) is 0 Å². The van der Waals surface area contributed by atoms with E-state index >= 15 is 0 Å². The highest BCUT2D eigenvalue weighted by Gasteiger charge is 2.37. The highest BCUT2D eigenvalue weighted by atomic mass is 35.5. The minimum atomic E-state index is -0.720. The van der Waals surface area contributed by atoms with Crippen LogP contribution in [0.4, 0.5) is 11.5 Å².